The Labute approximate surface area is 277 Å². The molecule has 0 fully saturated rings. The predicted molar refractivity (Wildman–Crippen MR) is 183 cm³/mol. The molecule has 0 atom stereocenters. The van der Waals surface area contributed by atoms with Crippen molar-refractivity contribution in [3.05, 3.63) is 102 Å². The van der Waals surface area contributed by atoms with Crippen LogP contribution in [-0.4, -0.2) is 106 Å². The molecule has 0 saturated carbocycles. The normalized spacial score (nSPS) is 14.5. The van der Waals surface area contributed by atoms with Gasteiger partial charge in [0.15, 0.2) is 0 Å². The van der Waals surface area contributed by atoms with E-state index in [2.05, 4.69) is 27.4 Å². The van der Waals surface area contributed by atoms with Crippen LogP contribution in [0.15, 0.2) is 84.3 Å². The molecule has 0 radical (unpaired) electrons. The Morgan fingerprint density at radius 1 is 0.638 bits per heavy atom. The molecule has 11 heteroatoms. The van der Waals surface area contributed by atoms with Crippen molar-refractivity contribution in [1.29, 1.82) is 0 Å². The lowest BCUT2D eigenvalue weighted by Crippen LogP contribution is -2.45. The van der Waals surface area contributed by atoms with Crippen LogP contribution in [-0.2, 0) is 0 Å². The van der Waals surface area contributed by atoms with Crippen molar-refractivity contribution in [3.8, 4) is 5.69 Å². The van der Waals surface area contributed by atoms with E-state index in [0.29, 0.717) is 52.7 Å². The number of hydrogen-bond donors (Lipinski definition) is 1. The van der Waals surface area contributed by atoms with Gasteiger partial charge in [0.05, 0.1) is 12.0 Å². The number of benzene rings is 4. The summed E-state index contributed by atoms with van der Waals surface area (Å²) in [6.07, 6.45) is 6.07. The predicted octanol–water partition coefficient (Wildman–Crippen LogP) is 4.61. The summed E-state index contributed by atoms with van der Waals surface area (Å²) in [5, 5.41) is 3.00. The number of imidazole rings is 1. The van der Waals surface area contributed by atoms with Crippen LogP contribution >= 0.6 is 12.6 Å². The van der Waals surface area contributed by atoms with Crippen molar-refractivity contribution < 1.29 is 19.2 Å². The minimum Gasteiger partial charge on any atom is -0.306 e. The molecule has 2 aliphatic rings. The van der Waals surface area contributed by atoms with Crippen LogP contribution in [0.5, 0.6) is 0 Å². The zero-order valence-corrected chi connectivity index (χ0v) is 27.1. The average molecular weight is 647 g/mol. The van der Waals surface area contributed by atoms with Crippen LogP contribution in [0.25, 0.3) is 27.2 Å². The molecule has 5 aromatic rings. The quantitative estimate of drug-likeness (QED) is 0.165. The van der Waals surface area contributed by atoms with Crippen LogP contribution in [0.3, 0.4) is 0 Å². The van der Waals surface area contributed by atoms with Gasteiger partial charge in [0.1, 0.15) is 0 Å². The lowest BCUT2D eigenvalue weighted by molar-refractivity contribution is 0.0585. The van der Waals surface area contributed by atoms with E-state index in [1.54, 1.807) is 42.9 Å². The van der Waals surface area contributed by atoms with Crippen molar-refractivity contribution in [2.45, 2.75) is 11.3 Å². The van der Waals surface area contributed by atoms with Gasteiger partial charge in [-0.25, -0.2) is 4.98 Å². The fourth-order valence-electron chi connectivity index (χ4n) is 6.67. The van der Waals surface area contributed by atoms with E-state index in [4.69, 9.17) is 0 Å². The molecule has 238 valence electrons. The van der Waals surface area contributed by atoms with Crippen LogP contribution < -0.4 is 0 Å². The maximum Gasteiger partial charge on any atom is 0.261 e. The van der Waals surface area contributed by atoms with Crippen LogP contribution in [0.2, 0.25) is 0 Å². The zero-order valence-electron chi connectivity index (χ0n) is 26.2. The Bertz CT molecular complexity index is 2030. The molecule has 0 unspecified atom stereocenters. The first-order valence-corrected chi connectivity index (χ1v) is 16.1. The molecule has 7 rings (SSSR count). The third-order valence-electron chi connectivity index (χ3n) is 9.21. The van der Waals surface area contributed by atoms with Gasteiger partial charge in [0, 0.05) is 81.9 Å². The molecule has 0 N–H and O–H groups in total. The molecule has 4 aromatic carbocycles. The fourth-order valence-corrected chi connectivity index (χ4v) is 6.93. The minimum absolute atomic E-state index is 0.278. The number of carbonyl (C=O) groups is 4. The molecule has 0 spiro atoms. The third kappa shape index (κ3) is 5.40. The van der Waals surface area contributed by atoms with Crippen LogP contribution in [0, 0.1) is 0 Å². The maximum atomic E-state index is 13.5. The summed E-state index contributed by atoms with van der Waals surface area (Å²) >= 11 is 4.50. The topological polar surface area (TPSA) is 99.1 Å². The van der Waals surface area contributed by atoms with Gasteiger partial charge in [-0.3, -0.25) is 29.0 Å². The van der Waals surface area contributed by atoms with Crippen molar-refractivity contribution in [2.75, 3.05) is 53.4 Å². The van der Waals surface area contributed by atoms with E-state index in [1.807, 2.05) is 55.2 Å². The monoisotopic (exact) mass is 646 g/mol. The van der Waals surface area contributed by atoms with E-state index in [1.165, 1.54) is 9.80 Å². The lowest BCUT2D eigenvalue weighted by Gasteiger charge is -2.30. The smallest absolute Gasteiger partial charge is 0.261 e. The van der Waals surface area contributed by atoms with Gasteiger partial charge < -0.3 is 14.4 Å². The van der Waals surface area contributed by atoms with Gasteiger partial charge in [-0.2, -0.15) is 0 Å². The maximum absolute atomic E-state index is 13.5. The summed E-state index contributed by atoms with van der Waals surface area (Å²) in [6.45, 7) is 3.16. The molecule has 10 nitrogen and oxygen atoms in total. The van der Waals surface area contributed by atoms with E-state index in [0.717, 1.165) is 40.9 Å². The Balaban J connectivity index is 0.920. The van der Waals surface area contributed by atoms with Gasteiger partial charge in [-0.1, -0.05) is 24.3 Å². The molecular weight excluding hydrogens is 613 g/mol. The van der Waals surface area contributed by atoms with Gasteiger partial charge in [0.25, 0.3) is 23.6 Å². The third-order valence-corrected chi connectivity index (χ3v) is 9.60. The van der Waals surface area contributed by atoms with E-state index >= 15 is 0 Å². The van der Waals surface area contributed by atoms with Crippen molar-refractivity contribution in [2.24, 2.45) is 0 Å². The molecule has 2 aliphatic heterocycles. The van der Waals surface area contributed by atoms with Gasteiger partial charge in [-0.05, 0) is 75.4 Å². The molecule has 1 aromatic heterocycles. The van der Waals surface area contributed by atoms with Crippen molar-refractivity contribution in [3.63, 3.8) is 0 Å². The molecule has 0 aliphatic carbocycles. The molecule has 0 bridgehead atoms. The minimum atomic E-state index is -0.282. The second-order valence-corrected chi connectivity index (χ2v) is 12.7. The number of amides is 4. The summed E-state index contributed by atoms with van der Waals surface area (Å²) in [5.41, 5.74) is 2.98. The summed E-state index contributed by atoms with van der Waals surface area (Å²) < 4.78 is 1.88. The highest BCUT2D eigenvalue weighted by atomic mass is 32.1. The number of rotatable bonds is 11. The van der Waals surface area contributed by atoms with Gasteiger partial charge in [0.2, 0.25) is 0 Å². The van der Waals surface area contributed by atoms with Gasteiger partial charge in [-0.15, -0.1) is 12.6 Å². The Morgan fingerprint density at radius 3 is 1.70 bits per heavy atom. The Kier molecular flexibility index (Phi) is 8.13. The fraction of sp³-hybridized carbons (Fsp3) is 0.250. The Morgan fingerprint density at radius 2 is 1.15 bits per heavy atom. The Hall–Kier alpha value is -4.84. The second-order valence-electron chi connectivity index (χ2n) is 12.2. The summed E-state index contributed by atoms with van der Waals surface area (Å²) in [5.74, 6) is -1.12. The van der Waals surface area contributed by atoms with E-state index in [-0.39, 0.29) is 30.2 Å². The van der Waals surface area contributed by atoms with E-state index < -0.39 is 0 Å². The zero-order chi connectivity index (χ0) is 32.8. The number of hydrogen-bond acceptors (Lipinski definition) is 8. The number of likely N-dealkylation sites (N-methyl/N-ethyl adjacent to an activating group) is 2. The van der Waals surface area contributed by atoms with E-state index in [9.17, 15) is 19.2 Å². The second kappa shape index (κ2) is 12.4. The number of aromatic nitrogens is 2. The largest absolute Gasteiger partial charge is 0.306 e. The number of carbonyl (C=O) groups excluding carboxylic acids is 4. The number of thiol groups is 1. The first kappa shape index (κ1) is 30.8. The van der Waals surface area contributed by atoms with Gasteiger partial charge >= 0.3 is 0 Å². The highest BCUT2D eigenvalue weighted by Crippen LogP contribution is 2.35. The first-order chi connectivity index (χ1) is 22.7. The molecule has 47 heavy (non-hydrogen) atoms. The van der Waals surface area contributed by atoms with Crippen molar-refractivity contribution >= 4 is 57.8 Å². The highest BCUT2D eigenvalue weighted by Gasteiger charge is 2.34. The summed E-state index contributed by atoms with van der Waals surface area (Å²) in [7, 11) is 3.95. The molecule has 3 heterocycles. The molecule has 4 amide bonds. The van der Waals surface area contributed by atoms with Crippen molar-refractivity contribution in [1.82, 2.24) is 29.2 Å². The first-order valence-electron chi connectivity index (χ1n) is 15.6. The lowest BCUT2D eigenvalue weighted by atomic mass is 9.93. The summed E-state index contributed by atoms with van der Waals surface area (Å²) in [4.78, 5) is 65.3. The average Bonchev–Trinajstić information content (AvgIpc) is 3.61. The van der Waals surface area contributed by atoms with Crippen LogP contribution in [0.4, 0.5) is 0 Å². The number of nitrogens with zero attached hydrogens (tertiary/aromatic N) is 6. The standard InChI is InChI=1S/C36H34N6O4S/c1-38(15-5-16-39(2)19-21-42-34(44)26-9-4-7-24-30(47)13-11-28(32(24)26)36(42)46)18-20-41-33(43)25-8-3-6-23-29(40-17-14-37-22-40)12-10-27(31(23)25)35(41)45/h3-4,6-14,17,22,47H,5,15-16,18-21H2,1-2H3. The molecular formula is C36H34N6O4S. The SMILES string of the molecule is CN(CCCN(C)CCN1C(=O)c2cccc3c(-n4ccnc4)ccc(c23)C1=O)CCN1C(=O)c2cccc3c(S)ccc(c23)C1=O. The van der Waals surface area contributed by atoms with Crippen LogP contribution in [0.1, 0.15) is 47.9 Å². The number of imide groups is 2. The molecule has 0 saturated heterocycles. The highest BCUT2D eigenvalue weighted by molar-refractivity contribution is 7.80. The summed E-state index contributed by atoms with van der Waals surface area (Å²) in [6, 6.07) is 18.3.